The van der Waals surface area contributed by atoms with Crippen molar-refractivity contribution in [3.63, 3.8) is 0 Å². The molecule has 2 aromatic carbocycles. The molecule has 0 bridgehead atoms. The van der Waals surface area contributed by atoms with E-state index in [1.54, 1.807) is 0 Å². The van der Waals surface area contributed by atoms with Crippen LogP contribution in [0.1, 0.15) is 36.1 Å². The Morgan fingerprint density at radius 2 is 1.10 bits per heavy atom. The molecule has 0 aliphatic rings. The van der Waals surface area contributed by atoms with Crippen LogP contribution in [-0.4, -0.2) is 0 Å². The maximum Gasteiger partial charge on any atom is 0 e. The SMILES string of the molecule is CCc1[c-]ccc(C)c1-c1c(CC)[c-]ccc1C.[Re].[Re]. The van der Waals surface area contributed by atoms with Crippen molar-refractivity contribution < 1.29 is 40.8 Å². The van der Waals surface area contributed by atoms with E-state index in [0.717, 1.165) is 12.8 Å². The van der Waals surface area contributed by atoms with Gasteiger partial charge in [-0.15, -0.1) is 0 Å². The molecule has 0 spiro atoms. The van der Waals surface area contributed by atoms with Crippen molar-refractivity contribution in [3.05, 3.63) is 58.7 Å². The zero-order valence-electron chi connectivity index (χ0n) is 12.5. The van der Waals surface area contributed by atoms with Crippen LogP contribution in [0.3, 0.4) is 0 Å². The first kappa shape index (κ1) is 19.8. The van der Waals surface area contributed by atoms with Crippen LogP contribution >= 0.6 is 0 Å². The third kappa shape index (κ3) is 3.90. The molecule has 108 valence electrons. The first-order chi connectivity index (χ1) is 8.69. The third-order valence-corrected chi connectivity index (χ3v) is 3.53. The molecule has 2 aromatic rings. The van der Waals surface area contributed by atoms with Crippen LogP contribution in [-0.2, 0) is 53.7 Å². The van der Waals surface area contributed by atoms with E-state index in [0.29, 0.717) is 0 Å². The quantitative estimate of drug-likeness (QED) is 0.444. The summed E-state index contributed by atoms with van der Waals surface area (Å²) in [5.41, 5.74) is 8.03. The van der Waals surface area contributed by atoms with Crippen molar-refractivity contribution in [1.29, 1.82) is 0 Å². The van der Waals surface area contributed by atoms with E-state index in [4.69, 9.17) is 0 Å². The molecule has 0 heterocycles. The molecule has 0 aliphatic carbocycles. The average molecular weight is 609 g/mol. The predicted molar refractivity (Wildman–Crippen MR) is 77.8 cm³/mol. The van der Waals surface area contributed by atoms with Gasteiger partial charge in [-0.05, 0) is 0 Å². The fraction of sp³-hybridized carbons (Fsp3) is 0.333. The van der Waals surface area contributed by atoms with Crippen LogP contribution in [0.4, 0.5) is 0 Å². The third-order valence-electron chi connectivity index (χ3n) is 3.53. The number of hydrogen-bond donors (Lipinski definition) is 0. The van der Waals surface area contributed by atoms with Gasteiger partial charge in [-0.25, -0.2) is 0 Å². The summed E-state index contributed by atoms with van der Waals surface area (Å²) in [7, 11) is 0. The summed E-state index contributed by atoms with van der Waals surface area (Å²) >= 11 is 0. The maximum atomic E-state index is 3.39. The van der Waals surface area contributed by atoms with Gasteiger partial charge in [0, 0.05) is 40.8 Å². The van der Waals surface area contributed by atoms with E-state index < -0.39 is 0 Å². The molecule has 0 unspecified atom stereocenters. The van der Waals surface area contributed by atoms with Crippen LogP contribution < -0.4 is 0 Å². The molecular formula is C18H20Re2-2. The molecule has 0 fully saturated rings. The molecule has 0 amide bonds. The standard InChI is InChI=1S/C18H20.2Re/c1-5-15-11-7-9-13(3)17(15)18-14(4)10-8-12-16(18)6-2;;/h7-10H,5-6H2,1-4H3;;/q-2;;. The average Bonchev–Trinajstić information content (AvgIpc) is 2.38. The summed E-state index contributed by atoms with van der Waals surface area (Å²) in [5.74, 6) is 0. The van der Waals surface area contributed by atoms with E-state index in [-0.39, 0.29) is 40.8 Å². The Hall–Kier alpha value is -0.235. The van der Waals surface area contributed by atoms with Crippen LogP contribution in [0.2, 0.25) is 0 Å². The monoisotopic (exact) mass is 610 g/mol. The Bertz CT molecular complexity index is 508. The fourth-order valence-electron chi connectivity index (χ4n) is 2.58. The van der Waals surface area contributed by atoms with Crippen LogP contribution in [0.5, 0.6) is 0 Å². The van der Waals surface area contributed by atoms with Gasteiger partial charge in [-0.1, -0.05) is 40.5 Å². The van der Waals surface area contributed by atoms with Gasteiger partial charge >= 0.3 is 0 Å². The van der Waals surface area contributed by atoms with Gasteiger partial charge in [0.2, 0.25) is 0 Å². The van der Waals surface area contributed by atoms with E-state index in [1.807, 2.05) is 12.1 Å². The van der Waals surface area contributed by atoms with Crippen molar-refractivity contribution in [2.24, 2.45) is 0 Å². The largest absolute Gasteiger partial charge is 0.181 e. The molecule has 20 heavy (non-hydrogen) atoms. The van der Waals surface area contributed by atoms with Gasteiger partial charge in [0.1, 0.15) is 0 Å². The predicted octanol–water partition coefficient (Wildman–Crippen LogP) is 4.69. The zero-order valence-corrected chi connectivity index (χ0v) is 17.9. The minimum Gasteiger partial charge on any atom is -0.181 e. The fourth-order valence-corrected chi connectivity index (χ4v) is 2.58. The second-order valence-electron chi connectivity index (χ2n) is 4.74. The van der Waals surface area contributed by atoms with Gasteiger partial charge in [-0.3, -0.25) is 0 Å². The summed E-state index contributed by atoms with van der Waals surface area (Å²) in [6, 6.07) is 15.2. The first-order valence-corrected chi connectivity index (χ1v) is 6.69. The van der Waals surface area contributed by atoms with E-state index in [1.165, 1.54) is 33.4 Å². The van der Waals surface area contributed by atoms with Crippen LogP contribution in [0.25, 0.3) is 11.1 Å². The molecule has 0 aliphatic heterocycles. The Morgan fingerprint density at radius 3 is 1.40 bits per heavy atom. The van der Waals surface area contributed by atoms with Crippen molar-refractivity contribution in [2.75, 3.05) is 0 Å². The summed E-state index contributed by atoms with van der Waals surface area (Å²) in [4.78, 5) is 0. The minimum atomic E-state index is 0. The van der Waals surface area contributed by atoms with E-state index in [2.05, 4.69) is 52.0 Å². The van der Waals surface area contributed by atoms with Crippen molar-refractivity contribution >= 4 is 0 Å². The Kier molecular flexibility index (Phi) is 8.82. The maximum absolute atomic E-state index is 3.39. The van der Waals surface area contributed by atoms with Crippen LogP contribution in [0.15, 0.2) is 24.3 Å². The molecule has 2 radical (unpaired) electrons. The van der Waals surface area contributed by atoms with Crippen molar-refractivity contribution in [3.8, 4) is 11.1 Å². The normalized spacial score (nSPS) is 9.60. The Balaban J connectivity index is 0.00000180. The van der Waals surface area contributed by atoms with Crippen molar-refractivity contribution in [1.82, 2.24) is 0 Å². The first-order valence-electron chi connectivity index (χ1n) is 6.69. The number of hydrogen-bond acceptors (Lipinski definition) is 0. The molecule has 0 atom stereocenters. The summed E-state index contributed by atoms with van der Waals surface area (Å²) in [5, 5.41) is 0. The summed E-state index contributed by atoms with van der Waals surface area (Å²) < 4.78 is 0. The molecular weight excluding hydrogens is 589 g/mol. The van der Waals surface area contributed by atoms with Gasteiger partial charge in [0.25, 0.3) is 0 Å². The van der Waals surface area contributed by atoms with Gasteiger partial charge in [0.05, 0.1) is 0 Å². The second kappa shape index (κ2) is 8.92. The molecule has 0 saturated carbocycles. The molecule has 0 aromatic heterocycles. The summed E-state index contributed by atoms with van der Waals surface area (Å²) in [6.45, 7) is 8.77. The van der Waals surface area contributed by atoms with Gasteiger partial charge in [0.15, 0.2) is 0 Å². The number of aryl methyl sites for hydroxylation is 4. The molecule has 0 saturated heterocycles. The Labute approximate surface area is 150 Å². The smallest absolute Gasteiger partial charge is 0 e. The summed E-state index contributed by atoms with van der Waals surface area (Å²) in [6.07, 6.45) is 2.04. The number of rotatable bonds is 3. The van der Waals surface area contributed by atoms with E-state index >= 15 is 0 Å². The van der Waals surface area contributed by atoms with Gasteiger partial charge in [-0.2, -0.15) is 69.8 Å². The number of benzene rings is 2. The topological polar surface area (TPSA) is 0 Å². The molecule has 2 heteroatoms. The second-order valence-corrected chi connectivity index (χ2v) is 4.74. The molecule has 0 nitrogen and oxygen atoms in total. The van der Waals surface area contributed by atoms with Crippen molar-refractivity contribution in [2.45, 2.75) is 40.5 Å². The van der Waals surface area contributed by atoms with E-state index in [9.17, 15) is 0 Å². The van der Waals surface area contributed by atoms with Crippen LogP contribution in [0, 0.1) is 26.0 Å². The molecule has 2 rings (SSSR count). The minimum absolute atomic E-state index is 0. The molecule has 0 N–H and O–H groups in total. The van der Waals surface area contributed by atoms with Gasteiger partial charge < -0.3 is 0 Å². The zero-order chi connectivity index (χ0) is 13.1. The Morgan fingerprint density at radius 1 is 0.750 bits per heavy atom.